The van der Waals surface area contributed by atoms with Crippen LogP contribution in [0.5, 0.6) is 0 Å². The number of amides is 1. The lowest BCUT2D eigenvalue weighted by Gasteiger charge is -2.21. The molecule has 0 radical (unpaired) electrons. The van der Waals surface area contributed by atoms with Crippen molar-refractivity contribution in [2.24, 2.45) is 7.05 Å². The lowest BCUT2D eigenvalue weighted by Crippen LogP contribution is -2.35. The molecule has 0 spiro atoms. The van der Waals surface area contributed by atoms with Crippen LogP contribution >= 0.6 is 0 Å². The van der Waals surface area contributed by atoms with Gasteiger partial charge in [-0.05, 0) is 25.8 Å². The Bertz CT molecular complexity index is 778. The van der Waals surface area contributed by atoms with Gasteiger partial charge < -0.3 is 10.0 Å². The third kappa shape index (κ3) is 3.18. The molecule has 0 bridgehead atoms. The van der Waals surface area contributed by atoms with Gasteiger partial charge in [0.15, 0.2) is 0 Å². The number of aromatic nitrogens is 5. The molecule has 8 heteroatoms. The number of nitrogens with zero attached hydrogens (tertiary/aromatic N) is 6. The van der Waals surface area contributed by atoms with Crippen LogP contribution in [0.1, 0.15) is 68.0 Å². The van der Waals surface area contributed by atoms with Crippen molar-refractivity contribution in [1.29, 1.82) is 0 Å². The summed E-state index contributed by atoms with van der Waals surface area (Å²) in [4.78, 5) is 14.5. The molecule has 1 atom stereocenters. The van der Waals surface area contributed by atoms with Crippen molar-refractivity contribution >= 4 is 5.91 Å². The first-order valence-electron chi connectivity index (χ1n) is 8.69. The quantitative estimate of drug-likeness (QED) is 0.905. The van der Waals surface area contributed by atoms with Gasteiger partial charge in [0.25, 0.3) is 5.91 Å². The van der Waals surface area contributed by atoms with Crippen LogP contribution in [0.25, 0.3) is 0 Å². The minimum atomic E-state index is -1.15. The Labute approximate surface area is 147 Å². The first kappa shape index (κ1) is 17.6. The zero-order chi connectivity index (χ0) is 18.4. The van der Waals surface area contributed by atoms with Crippen molar-refractivity contribution in [3.05, 3.63) is 29.3 Å². The Morgan fingerprint density at radius 1 is 1.32 bits per heavy atom. The van der Waals surface area contributed by atoms with Gasteiger partial charge in [-0.15, -0.1) is 5.10 Å². The number of rotatable bonds is 4. The molecule has 1 aliphatic rings. The number of hydrogen-bond acceptors (Lipinski definition) is 5. The van der Waals surface area contributed by atoms with Gasteiger partial charge >= 0.3 is 0 Å². The average Bonchev–Trinajstić information content (AvgIpc) is 3.24. The third-order valence-corrected chi connectivity index (χ3v) is 4.76. The second kappa shape index (κ2) is 6.25. The molecule has 2 aromatic rings. The standard InChI is InChI=1S/C17H26N6O2/c1-11(2)13-8-14(21(5)19-13)16(24)22-7-6-17(25,10-22)15-9-23(12(3)4)20-18-15/h8-9,11-12,25H,6-7,10H2,1-5H3/t17-/m0/s1. The van der Waals surface area contributed by atoms with Crippen LogP contribution in [-0.4, -0.2) is 53.8 Å². The monoisotopic (exact) mass is 346 g/mol. The molecule has 2 aromatic heterocycles. The van der Waals surface area contributed by atoms with Gasteiger partial charge in [0.2, 0.25) is 0 Å². The normalized spacial score (nSPS) is 20.9. The molecular formula is C17H26N6O2. The van der Waals surface area contributed by atoms with E-state index >= 15 is 0 Å². The molecule has 8 nitrogen and oxygen atoms in total. The minimum Gasteiger partial charge on any atom is -0.381 e. The Morgan fingerprint density at radius 2 is 2.04 bits per heavy atom. The first-order chi connectivity index (χ1) is 11.7. The fraction of sp³-hybridized carbons (Fsp3) is 0.647. The van der Waals surface area contributed by atoms with Gasteiger partial charge in [0.05, 0.1) is 18.4 Å². The summed E-state index contributed by atoms with van der Waals surface area (Å²) >= 11 is 0. The van der Waals surface area contributed by atoms with Crippen LogP contribution in [0.15, 0.2) is 12.3 Å². The number of carbonyl (C=O) groups excluding carboxylic acids is 1. The topological polar surface area (TPSA) is 89.1 Å². The van der Waals surface area contributed by atoms with Crippen molar-refractivity contribution in [3.63, 3.8) is 0 Å². The van der Waals surface area contributed by atoms with E-state index in [0.29, 0.717) is 24.4 Å². The van der Waals surface area contributed by atoms with Crippen molar-refractivity contribution < 1.29 is 9.90 Å². The highest BCUT2D eigenvalue weighted by atomic mass is 16.3. The molecule has 3 rings (SSSR count). The number of hydrogen-bond donors (Lipinski definition) is 1. The fourth-order valence-corrected chi connectivity index (χ4v) is 3.05. The fourth-order valence-electron chi connectivity index (χ4n) is 3.05. The van der Waals surface area contributed by atoms with Crippen molar-refractivity contribution in [2.45, 2.75) is 51.7 Å². The van der Waals surface area contributed by atoms with E-state index in [2.05, 4.69) is 15.4 Å². The van der Waals surface area contributed by atoms with Crippen LogP contribution in [0.3, 0.4) is 0 Å². The number of aryl methyl sites for hydroxylation is 1. The van der Waals surface area contributed by atoms with E-state index in [1.165, 1.54) is 0 Å². The predicted octanol–water partition coefficient (Wildman–Crippen LogP) is 1.45. The number of aliphatic hydroxyl groups is 1. The smallest absolute Gasteiger partial charge is 0.272 e. The van der Waals surface area contributed by atoms with Crippen LogP contribution in [0.4, 0.5) is 0 Å². The molecule has 0 aliphatic carbocycles. The summed E-state index contributed by atoms with van der Waals surface area (Å²) in [7, 11) is 1.77. The summed E-state index contributed by atoms with van der Waals surface area (Å²) in [5.41, 5.74) is 0.797. The summed E-state index contributed by atoms with van der Waals surface area (Å²) in [6.07, 6.45) is 2.21. The number of likely N-dealkylation sites (tertiary alicyclic amines) is 1. The summed E-state index contributed by atoms with van der Waals surface area (Å²) in [5, 5.41) is 23.5. The lowest BCUT2D eigenvalue weighted by atomic mass is 10.00. The van der Waals surface area contributed by atoms with E-state index < -0.39 is 5.60 Å². The van der Waals surface area contributed by atoms with Crippen molar-refractivity contribution in [3.8, 4) is 0 Å². The maximum absolute atomic E-state index is 12.8. The van der Waals surface area contributed by atoms with E-state index in [4.69, 9.17) is 0 Å². The van der Waals surface area contributed by atoms with Gasteiger partial charge in [-0.3, -0.25) is 9.48 Å². The largest absolute Gasteiger partial charge is 0.381 e. The average molecular weight is 346 g/mol. The summed E-state index contributed by atoms with van der Waals surface area (Å²) < 4.78 is 3.33. The molecule has 0 aromatic carbocycles. The lowest BCUT2D eigenvalue weighted by molar-refractivity contribution is 0.0378. The molecule has 1 saturated heterocycles. The van der Waals surface area contributed by atoms with Gasteiger partial charge in [-0.25, -0.2) is 4.68 Å². The van der Waals surface area contributed by atoms with Gasteiger partial charge in [-0.2, -0.15) is 5.10 Å². The van der Waals surface area contributed by atoms with Gasteiger partial charge in [0.1, 0.15) is 17.0 Å². The molecule has 3 heterocycles. The van der Waals surface area contributed by atoms with Crippen LogP contribution in [0.2, 0.25) is 0 Å². The zero-order valence-electron chi connectivity index (χ0n) is 15.5. The first-order valence-corrected chi connectivity index (χ1v) is 8.69. The molecule has 25 heavy (non-hydrogen) atoms. The molecule has 1 amide bonds. The second-order valence-electron chi connectivity index (χ2n) is 7.42. The Kier molecular flexibility index (Phi) is 4.40. The molecule has 0 unspecified atom stereocenters. The van der Waals surface area contributed by atoms with E-state index in [9.17, 15) is 9.90 Å². The molecule has 136 valence electrons. The maximum Gasteiger partial charge on any atom is 0.272 e. The van der Waals surface area contributed by atoms with Crippen molar-refractivity contribution in [1.82, 2.24) is 29.7 Å². The third-order valence-electron chi connectivity index (χ3n) is 4.76. The van der Waals surface area contributed by atoms with Gasteiger partial charge in [0, 0.05) is 26.1 Å². The molecular weight excluding hydrogens is 320 g/mol. The Hall–Kier alpha value is -2.22. The summed E-state index contributed by atoms with van der Waals surface area (Å²) in [5.74, 6) is 0.142. The zero-order valence-corrected chi connectivity index (χ0v) is 15.5. The summed E-state index contributed by atoms with van der Waals surface area (Å²) in [6, 6.07) is 2.01. The second-order valence-corrected chi connectivity index (χ2v) is 7.42. The van der Waals surface area contributed by atoms with E-state index in [1.807, 2.05) is 33.8 Å². The van der Waals surface area contributed by atoms with E-state index in [1.54, 1.807) is 27.5 Å². The highest BCUT2D eigenvalue weighted by Gasteiger charge is 2.42. The van der Waals surface area contributed by atoms with Crippen molar-refractivity contribution in [2.75, 3.05) is 13.1 Å². The van der Waals surface area contributed by atoms with Crippen LogP contribution in [0, 0.1) is 0 Å². The molecule has 1 N–H and O–H groups in total. The Morgan fingerprint density at radius 3 is 2.60 bits per heavy atom. The molecule has 0 saturated carbocycles. The summed E-state index contributed by atoms with van der Waals surface area (Å²) in [6.45, 7) is 8.78. The predicted molar refractivity (Wildman–Crippen MR) is 92.1 cm³/mol. The van der Waals surface area contributed by atoms with E-state index in [-0.39, 0.29) is 24.4 Å². The molecule has 1 aliphatic heterocycles. The van der Waals surface area contributed by atoms with Crippen LogP contribution < -0.4 is 0 Å². The molecule has 1 fully saturated rings. The SMILES string of the molecule is CC(C)c1cc(C(=O)N2CC[C@@](O)(c3cn(C(C)C)nn3)C2)n(C)n1. The van der Waals surface area contributed by atoms with Gasteiger partial charge in [-0.1, -0.05) is 19.1 Å². The number of β-amino-alcohol motifs (C(OH)–C–C–N with tert-alkyl or cyclic N) is 1. The number of carbonyl (C=O) groups is 1. The maximum atomic E-state index is 12.8. The highest BCUT2D eigenvalue weighted by molar-refractivity contribution is 5.93. The van der Waals surface area contributed by atoms with E-state index in [0.717, 1.165) is 5.69 Å². The van der Waals surface area contributed by atoms with Crippen LogP contribution in [-0.2, 0) is 12.6 Å². The minimum absolute atomic E-state index is 0.117. The highest BCUT2D eigenvalue weighted by Crippen LogP contribution is 2.31. The Balaban J connectivity index is 1.78.